The van der Waals surface area contributed by atoms with E-state index >= 15 is 0 Å². The summed E-state index contributed by atoms with van der Waals surface area (Å²) in [6.07, 6.45) is 1.54. The number of nitrogens with zero attached hydrogens (tertiary/aromatic N) is 1. The molecule has 0 saturated heterocycles. The van der Waals surface area contributed by atoms with Crippen molar-refractivity contribution in [2.75, 3.05) is 0 Å². The van der Waals surface area contributed by atoms with E-state index in [2.05, 4.69) is 9.97 Å². The van der Waals surface area contributed by atoms with Crippen LogP contribution < -0.4 is 5.56 Å². The summed E-state index contributed by atoms with van der Waals surface area (Å²) in [6, 6.07) is 14.2. The van der Waals surface area contributed by atoms with Crippen LogP contribution in [0.3, 0.4) is 0 Å². The molecule has 4 aromatic rings. The van der Waals surface area contributed by atoms with E-state index in [1.165, 1.54) is 12.1 Å². The lowest BCUT2D eigenvalue weighted by Gasteiger charge is -2.02. The van der Waals surface area contributed by atoms with Crippen LogP contribution in [0.2, 0.25) is 5.02 Å². The van der Waals surface area contributed by atoms with Crippen LogP contribution in [0, 0.1) is 5.82 Å². The molecule has 27 heavy (non-hydrogen) atoms. The minimum Gasteiger partial charge on any atom is -0.457 e. The Hall–Kier alpha value is -2.89. The van der Waals surface area contributed by atoms with Crippen LogP contribution >= 0.6 is 23.2 Å². The van der Waals surface area contributed by atoms with Crippen molar-refractivity contribution in [1.82, 2.24) is 9.97 Å². The fourth-order valence-corrected chi connectivity index (χ4v) is 2.98. The molecule has 4 nitrogen and oxygen atoms in total. The molecule has 0 radical (unpaired) electrons. The molecule has 134 valence electrons. The monoisotopic (exact) mass is 400 g/mol. The zero-order valence-corrected chi connectivity index (χ0v) is 15.2. The summed E-state index contributed by atoms with van der Waals surface area (Å²) in [7, 11) is 0. The van der Waals surface area contributed by atoms with E-state index in [-0.39, 0.29) is 22.2 Å². The van der Waals surface area contributed by atoms with Crippen molar-refractivity contribution in [1.29, 1.82) is 0 Å². The Morgan fingerprint density at radius 1 is 1.11 bits per heavy atom. The average Bonchev–Trinajstić information content (AvgIpc) is 3.10. The fourth-order valence-electron chi connectivity index (χ4n) is 2.62. The van der Waals surface area contributed by atoms with Gasteiger partial charge in [0.1, 0.15) is 17.3 Å². The molecule has 0 unspecified atom stereocenters. The van der Waals surface area contributed by atoms with Gasteiger partial charge in [0.15, 0.2) is 5.82 Å². The van der Waals surface area contributed by atoms with Crippen molar-refractivity contribution >= 4 is 45.2 Å². The Labute approximate surface area is 162 Å². The normalized spacial score (nSPS) is 11.9. The second-order valence-electron chi connectivity index (χ2n) is 5.78. The number of benzene rings is 2. The molecular formula is C20H11Cl2FN2O2. The fraction of sp³-hybridized carbons (Fsp3) is 0. The SMILES string of the molecule is O=c1[nH]c(/C(Cl)=C/c2ccc(-c3ccc(F)cc3)o2)nc2cc(Cl)ccc12. The van der Waals surface area contributed by atoms with Crippen molar-refractivity contribution in [2.45, 2.75) is 0 Å². The van der Waals surface area contributed by atoms with Crippen LogP contribution in [0.1, 0.15) is 11.6 Å². The minimum atomic E-state index is -0.320. The highest BCUT2D eigenvalue weighted by molar-refractivity contribution is 6.50. The smallest absolute Gasteiger partial charge is 0.259 e. The molecule has 0 fully saturated rings. The van der Waals surface area contributed by atoms with E-state index in [4.69, 9.17) is 27.6 Å². The molecule has 0 spiro atoms. The van der Waals surface area contributed by atoms with Gasteiger partial charge in [0.2, 0.25) is 0 Å². The van der Waals surface area contributed by atoms with Gasteiger partial charge in [-0.25, -0.2) is 9.37 Å². The second kappa shape index (κ2) is 7.02. The number of aromatic nitrogens is 2. The average molecular weight is 401 g/mol. The standard InChI is InChI=1S/C20H11Cl2FN2O2/c21-12-3-7-15-17(9-12)24-19(25-20(15)26)16(22)10-14-6-8-18(27-14)11-1-4-13(23)5-2-11/h1-10H,(H,24,25,26)/b16-10-. The van der Waals surface area contributed by atoms with Crippen molar-refractivity contribution in [3.8, 4) is 11.3 Å². The maximum absolute atomic E-state index is 13.0. The van der Waals surface area contributed by atoms with Gasteiger partial charge < -0.3 is 9.40 Å². The molecule has 0 bridgehead atoms. The lowest BCUT2D eigenvalue weighted by atomic mass is 10.2. The summed E-state index contributed by atoms with van der Waals surface area (Å²) in [6.45, 7) is 0. The summed E-state index contributed by atoms with van der Waals surface area (Å²) >= 11 is 12.3. The molecular weight excluding hydrogens is 390 g/mol. The Kier molecular flexibility index (Phi) is 4.56. The number of aromatic amines is 1. The highest BCUT2D eigenvalue weighted by Gasteiger charge is 2.09. The van der Waals surface area contributed by atoms with Gasteiger partial charge in [-0.3, -0.25) is 4.79 Å². The summed E-state index contributed by atoms with van der Waals surface area (Å²) < 4.78 is 18.7. The number of hydrogen-bond acceptors (Lipinski definition) is 3. The van der Waals surface area contributed by atoms with E-state index in [9.17, 15) is 9.18 Å². The van der Waals surface area contributed by atoms with Crippen molar-refractivity contribution in [3.05, 3.63) is 87.4 Å². The van der Waals surface area contributed by atoms with E-state index in [1.807, 2.05) is 0 Å². The number of rotatable bonds is 3. The summed E-state index contributed by atoms with van der Waals surface area (Å²) in [4.78, 5) is 19.2. The van der Waals surface area contributed by atoms with E-state index < -0.39 is 0 Å². The molecule has 0 aliphatic heterocycles. The summed E-state index contributed by atoms with van der Waals surface area (Å²) in [5.41, 5.74) is 0.864. The van der Waals surface area contributed by atoms with Gasteiger partial charge in [0.05, 0.1) is 15.9 Å². The number of nitrogens with one attached hydrogen (secondary N) is 1. The molecule has 0 aliphatic carbocycles. The zero-order valence-electron chi connectivity index (χ0n) is 13.7. The number of hydrogen-bond donors (Lipinski definition) is 1. The number of furan rings is 1. The highest BCUT2D eigenvalue weighted by atomic mass is 35.5. The van der Waals surface area contributed by atoms with E-state index in [0.29, 0.717) is 27.4 Å². The van der Waals surface area contributed by atoms with Gasteiger partial charge >= 0.3 is 0 Å². The van der Waals surface area contributed by atoms with E-state index in [0.717, 1.165) is 5.56 Å². The third-order valence-corrected chi connectivity index (χ3v) is 4.44. The molecule has 1 N–H and O–H groups in total. The second-order valence-corrected chi connectivity index (χ2v) is 6.62. The van der Waals surface area contributed by atoms with Gasteiger partial charge in [0.25, 0.3) is 5.56 Å². The Bertz CT molecular complexity index is 1230. The summed E-state index contributed by atoms with van der Waals surface area (Å²) in [5.74, 6) is 0.918. The van der Waals surface area contributed by atoms with Gasteiger partial charge in [-0.2, -0.15) is 0 Å². The number of halogens is 3. The van der Waals surface area contributed by atoms with Crippen molar-refractivity contribution in [2.24, 2.45) is 0 Å². The highest BCUT2D eigenvalue weighted by Crippen LogP contribution is 2.26. The van der Waals surface area contributed by atoms with Gasteiger partial charge in [-0.1, -0.05) is 23.2 Å². The molecule has 2 aromatic heterocycles. The minimum absolute atomic E-state index is 0.203. The van der Waals surface area contributed by atoms with Gasteiger partial charge in [0, 0.05) is 16.7 Å². The number of H-pyrrole nitrogens is 1. The van der Waals surface area contributed by atoms with Crippen LogP contribution in [0.15, 0.2) is 63.8 Å². The maximum atomic E-state index is 13.0. The zero-order chi connectivity index (χ0) is 19.0. The molecule has 0 amide bonds. The number of fused-ring (bicyclic) bond motifs is 1. The summed E-state index contributed by atoms with van der Waals surface area (Å²) in [5, 5.41) is 1.10. The third-order valence-electron chi connectivity index (χ3n) is 3.92. The Morgan fingerprint density at radius 3 is 2.67 bits per heavy atom. The van der Waals surface area contributed by atoms with Crippen molar-refractivity contribution in [3.63, 3.8) is 0 Å². The largest absolute Gasteiger partial charge is 0.457 e. The first-order valence-corrected chi connectivity index (χ1v) is 8.68. The predicted molar refractivity (Wildman–Crippen MR) is 105 cm³/mol. The first-order chi connectivity index (χ1) is 13.0. The molecule has 2 aromatic carbocycles. The third kappa shape index (κ3) is 3.65. The molecule has 2 heterocycles. The van der Waals surface area contributed by atoms with Crippen molar-refractivity contribution < 1.29 is 8.81 Å². The van der Waals surface area contributed by atoms with Crippen LogP contribution in [-0.4, -0.2) is 9.97 Å². The van der Waals surface area contributed by atoms with E-state index in [1.54, 1.807) is 48.5 Å². The lowest BCUT2D eigenvalue weighted by molar-refractivity contribution is 0.571. The van der Waals surface area contributed by atoms with Crippen LogP contribution in [0.5, 0.6) is 0 Å². The van der Waals surface area contributed by atoms with Crippen LogP contribution in [0.4, 0.5) is 4.39 Å². The molecule has 0 atom stereocenters. The molecule has 0 saturated carbocycles. The predicted octanol–water partition coefficient (Wildman–Crippen LogP) is 5.71. The van der Waals surface area contributed by atoms with Crippen LogP contribution in [-0.2, 0) is 0 Å². The molecule has 0 aliphatic rings. The Morgan fingerprint density at radius 2 is 1.89 bits per heavy atom. The lowest BCUT2D eigenvalue weighted by Crippen LogP contribution is -2.10. The first-order valence-electron chi connectivity index (χ1n) is 7.92. The Balaban J connectivity index is 1.69. The quantitative estimate of drug-likeness (QED) is 0.478. The maximum Gasteiger partial charge on any atom is 0.259 e. The molecule has 4 rings (SSSR count). The van der Waals surface area contributed by atoms with Crippen LogP contribution in [0.25, 0.3) is 33.3 Å². The topological polar surface area (TPSA) is 58.9 Å². The van der Waals surface area contributed by atoms with Gasteiger partial charge in [-0.05, 0) is 54.6 Å². The molecule has 7 heteroatoms. The first kappa shape index (κ1) is 17.5. The van der Waals surface area contributed by atoms with Gasteiger partial charge in [-0.15, -0.1) is 0 Å².